The minimum absolute atomic E-state index is 0.0523. The molecule has 4 N–H and O–H groups in total. The van der Waals surface area contributed by atoms with Gasteiger partial charge in [0.1, 0.15) is 21.7 Å². The van der Waals surface area contributed by atoms with E-state index in [0.29, 0.717) is 29.2 Å². The Morgan fingerprint density at radius 2 is 2.07 bits per heavy atom. The molecule has 2 aliphatic rings. The Balaban J connectivity index is 1.28. The molecule has 3 aromatic heterocycles. The zero-order valence-corrected chi connectivity index (χ0v) is 18.1. The number of halogens is 1. The van der Waals surface area contributed by atoms with Gasteiger partial charge in [-0.05, 0) is 24.8 Å². The molecule has 3 atom stereocenters. The monoisotopic (exact) mass is 445 g/mol. The van der Waals surface area contributed by atoms with Gasteiger partial charge in [-0.2, -0.15) is 0 Å². The Bertz CT molecular complexity index is 1040. The summed E-state index contributed by atoms with van der Waals surface area (Å²) < 4.78 is 0. The van der Waals surface area contributed by atoms with E-state index in [1.165, 1.54) is 16.8 Å². The largest absolute Gasteiger partial charge is 0.382 e. The first-order chi connectivity index (χ1) is 14.0. The van der Waals surface area contributed by atoms with Crippen LogP contribution in [0.5, 0.6) is 0 Å². The molecule has 150 valence electrons. The van der Waals surface area contributed by atoms with Crippen LogP contribution in [0.4, 0.5) is 11.6 Å². The van der Waals surface area contributed by atoms with E-state index in [1.54, 1.807) is 23.7 Å². The van der Waals surface area contributed by atoms with E-state index < -0.39 is 0 Å². The Hall–Kier alpha value is -1.94. The summed E-state index contributed by atoms with van der Waals surface area (Å²) in [6.45, 7) is 4.57. The summed E-state index contributed by atoms with van der Waals surface area (Å²) >= 11 is 9.37. The predicted molar refractivity (Wildman–Crippen MR) is 117 cm³/mol. The normalized spacial score (nSPS) is 25.3. The molecule has 29 heavy (non-hydrogen) atoms. The molecular weight excluding hydrogens is 426 g/mol. The number of hydrogen-bond donors (Lipinski definition) is 2. The maximum absolute atomic E-state index is 6.21. The number of fused-ring (bicyclic) bond motifs is 1. The summed E-state index contributed by atoms with van der Waals surface area (Å²) in [5, 5.41) is 4.51. The molecule has 1 unspecified atom stereocenters. The Kier molecular flexibility index (Phi) is 4.65. The number of aryl methyl sites for hydroxylation is 1. The Morgan fingerprint density at radius 3 is 2.69 bits per heavy atom. The number of nitrogens with zero attached hydrogens (tertiary/aromatic N) is 5. The summed E-state index contributed by atoms with van der Waals surface area (Å²) in [6.07, 6.45) is 5.23. The molecule has 1 aliphatic heterocycles. The molecule has 4 heterocycles. The molecule has 10 heteroatoms. The first-order valence-corrected chi connectivity index (χ1v) is 11.4. The van der Waals surface area contributed by atoms with Gasteiger partial charge in [-0.15, -0.1) is 11.3 Å². The van der Waals surface area contributed by atoms with E-state index in [2.05, 4.69) is 25.2 Å². The Labute approximate surface area is 181 Å². The maximum Gasteiger partial charge on any atom is 0.147 e. The summed E-state index contributed by atoms with van der Waals surface area (Å²) in [6, 6.07) is 1.82. The number of thiazole rings is 1. The van der Waals surface area contributed by atoms with E-state index in [4.69, 9.17) is 28.1 Å². The van der Waals surface area contributed by atoms with E-state index in [9.17, 15) is 0 Å². The third-order valence-corrected chi connectivity index (χ3v) is 8.57. The topological polar surface area (TPSA) is 107 Å². The number of nitrogen functional groups attached to an aromatic ring is 1. The second-order valence-electron chi connectivity index (χ2n) is 7.48. The number of nitrogens with two attached hydrogens (primary N) is 2. The van der Waals surface area contributed by atoms with Crippen LogP contribution in [0.3, 0.4) is 0 Å². The lowest BCUT2D eigenvalue weighted by Crippen LogP contribution is -2.35. The quantitative estimate of drug-likeness (QED) is 0.617. The molecule has 5 rings (SSSR count). The number of aromatic nitrogens is 4. The number of rotatable bonds is 5. The average molecular weight is 446 g/mol. The summed E-state index contributed by atoms with van der Waals surface area (Å²) in [5.74, 6) is 2.28. The average Bonchev–Trinajstić information content (AvgIpc) is 3.07. The fraction of sp³-hybridized carbons (Fsp3) is 0.368. The maximum atomic E-state index is 6.21. The molecule has 0 spiro atoms. The summed E-state index contributed by atoms with van der Waals surface area (Å²) in [7, 11) is 0. The van der Waals surface area contributed by atoms with Crippen molar-refractivity contribution >= 4 is 46.3 Å². The van der Waals surface area contributed by atoms with Crippen molar-refractivity contribution in [1.29, 1.82) is 0 Å². The van der Waals surface area contributed by atoms with Gasteiger partial charge in [0.15, 0.2) is 0 Å². The summed E-state index contributed by atoms with van der Waals surface area (Å²) in [5.41, 5.74) is 13.1. The highest BCUT2D eigenvalue weighted by Gasteiger charge is 2.69. The lowest BCUT2D eigenvalue weighted by atomic mass is 10.0. The van der Waals surface area contributed by atoms with Crippen LogP contribution >= 0.6 is 34.7 Å². The number of piperidine rings is 1. The lowest BCUT2D eigenvalue weighted by molar-refractivity contribution is 0.548. The smallest absolute Gasteiger partial charge is 0.147 e. The SMILES string of the molecule is Cc1csc(C2(CN)[C@@H]3CN(c4cnc(Sc5ccnc(N)c5Cl)cn4)C[C@@H]32)n1. The van der Waals surface area contributed by atoms with Gasteiger partial charge in [-0.25, -0.2) is 19.9 Å². The van der Waals surface area contributed by atoms with Crippen LogP contribution in [0.15, 0.2) is 40.0 Å². The van der Waals surface area contributed by atoms with E-state index >= 15 is 0 Å². The highest BCUT2D eigenvalue weighted by molar-refractivity contribution is 7.99. The molecule has 1 saturated carbocycles. The van der Waals surface area contributed by atoms with Gasteiger partial charge in [0, 0.05) is 47.2 Å². The molecule has 0 amide bonds. The van der Waals surface area contributed by atoms with Crippen molar-refractivity contribution < 1.29 is 0 Å². The van der Waals surface area contributed by atoms with Crippen molar-refractivity contribution in [1.82, 2.24) is 19.9 Å². The van der Waals surface area contributed by atoms with Crippen LogP contribution in [0.2, 0.25) is 5.02 Å². The molecule has 7 nitrogen and oxygen atoms in total. The lowest BCUT2D eigenvalue weighted by Gasteiger charge is -2.25. The molecule has 1 saturated heterocycles. The number of hydrogen-bond acceptors (Lipinski definition) is 9. The fourth-order valence-electron chi connectivity index (χ4n) is 4.35. The van der Waals surface area contributed by atoms with Gasteiger partial charge >= 0.3 is 0 Å². The molecule has 1 aliphatic carbocycles. The second-order valence-corrected chi connectivity index (χ2v) is 9.78. The van der Waals surface area contributed by atoms with E-state index in [1.807, 2.05) is 19.2 Å². The third kappa shape index (κ3) is 3.07. The fourth-order valence-corrected chi connectivity index (χ4v) is 6.48. The Morgan fingerprint density at radius 1 is 1.28 bits per heavy atom. The van der Waals surface area contributed by atoms with Crippen molar-refractivity contribution in [2.24, 2.45) is 17.6 Å². The van der Waals surface area contributed by atoms with Crippen LogP contribution in [-0.2, 0) is 5.41 Å². The standard InChI is InChI=1S/C19H20ClN7S2/c1-10-8-28-18(26-10)19(9-21)11-6-27(7-12(11)19)14-4-25-15(5-24-14)29-13-2-3-23-17(22)16(13)20/h2-5,8,11-12H,6-7,9,21H2,1H3,(H2,22,23)/t11-,12+,19?. The third-order valence-electron chi connectivity index (χ3n) is 5.92. The second kappa shape index (κ2) is 7.09. The molecular formula is C19H20ClN7S2. The van der Waals surface area contributed by atoms with Crippen LogP contribution in [0.1, 0.15) is 10.7 Å². The van der Waals surface area contributed by atoms with Gasteiger partial charge in [-0.3, -0.25) is 0 Å². The molecule has 0 aromatic carbocycles. The van der Waals surface area contributed by atoms with E-state index in [0.717, 1.165) is 34.5 Å². The van der Waals surface area contributed by atoms with Gasteiger partial charge in [-0.1, -0.05) is 23.4 Å². The van der Waals surface area contributed by atoms with Crippen LogP contribution in [0, 0.1) is 18.8 Å². The molecule has 0 bridgehead atoms. The van der Waals surface area contributed by atoms with Crippen molar-refractivity contribution in [2.75, 3.05) is 30.3 Å². The molecule has 3 aromatic rings. The van der Waals surface area contributed by atoms with Gasteiger partial charge in [0.2, 0.25) is 0 Å². The van der Waals surface area contributed by atoms with Crippen molar-refractivity contribution in [3.63, 3.8) is 0 Å². The zero-order valence-electron chi connectivity index (χ0n) is 15.7. The highest BCUT2D eigenvalue weighted by Crippen LogP contribution is 2.63. The van der Waals surface area contributed by atoms with Crippen LogP contribution in [0.25, 0.3) is 0 Å². The molecule has 2 fully saturated rings. The van der Waals surface area contributed by atoms with Crippen molar-refractivity contribution in [3.05, 3.63) is 45.8 Å². The van der Waals surface area contributed by atoms with Gasteiger partial charge in [0.05, 0.1) is 17.4 Å². The first kappa shape index (κ1) is 19.0. The highest BCUT2D eigenvalue weighted by atomic mass is 35.5. The molecule has 0 radical (unpaired) electrons. The van der Waals surface area contributed by atoms with Crippen LogP contribution in [-0.4, -0.2) is 39.6 Å². The van der Waals surface area contributed by atoms with Gasteiger partial charge in [0.25, 0.3) is 0 Å². The minimum atomic E-state index is 0.0523. The van der Waals surface area contributed by atoms with Gasteiger partial charge < -0.3 is 16.4 Å². The number of anilines is 2. The first-order valence-electron chi connectivity index (χ1n) is 9.30. The van der Waals surface area contributed by atoms with Crippen LogP contribution < -0.4 is 16.4 Å². The summed E-state index contributed by atoms with van der Waals surface area (Å²) in [4.78, 5) is 21.0. The van der Waals surface area contributed by atoms with Crippen molar-refractivity contribution in [2.45, 2.75) is 22.3 Å². The number of pyridine rings is 1. The zero-order chi connectivity index (χ0) is 20.2. The van der Waals surface area contributed by atoms with Crippen molar-refractivity contribution in [3.8, 4) is 0 Å². The minimum Gasteiger partial charge on any atom is -0.382 e. The van der Waals surface area contributed by atoms with E-state index in [-0.39, 0.29) is 5.41 Å². The predicted octanol–water partition coefficient (Wildman–Crippen LogP) is 2.99.